The summed E-state index contributed by atoms with van der Waals surface area (Å²) in [5, 5.41) is 0. The molecule has 0 saturated carbocycles. The van der Waals surface area contributed by atoms with Gasteiger partial charge in [-0.2, -0.15) is 0 Å². The van der Waals surface area contributed by atoms with Gasteiger partial charge in [0.25, 0.3) is 0 Å². The summed E-state index contributed by atoms with van der Waals surface area (Å²) < 4.78 is 0. The van der Waals surface area contributed by atoms with Crippen LogP contribution in [-0.2, 0) is 0 Å². The smallest absolute Gasteiger partial charge is 0.0682 e. The molecule has 1 aliphatic rings. The van der Waals surface area contributed by atoms with E-state index >= 15 is 0 Å². The van der Waals surface area contributed by atoms with Crippen molar-refractivity contribution in [3.8, 4) is 0 Å². The molecule has 0 aromatic rings. The minimum absolute atomic E-state index is 0.822. The van der Waals surface area contributed by atoms with Crippen molar-refractivity contribution in [1.29, 1.82) is 0 Å². The maximum Gasteiger partial charge on any atom is 0.0682 e. The summed E-state index contributed by atoms with van der Waals surface area (Å²) in [5.74, 6) is 0. The largest absolute Gasteiger partial charge is 0.108 e. The third-order valence-electron chi connectivity index (χ3n) is 2.52. The zero-order valence-electron chi connectivity index (χ0n) is 6.91. The van der Waals surface area contributed by atoms with E-state index in [0.29, 0.717) is 0 Å². The zero-order valence-corrected chi connectivity index (χ0v) is 8.91. The van der Waals surface area contributed by atoms with Gasteiger partial charge in [-0.1, -0.05) is 36.7 Å². The van der Waals surface area contributed by atoms with Crippen molar-refractivity contribution in [2.45, 2.75) is 31.9 Å². The van der Waals surface area contributed by atoms with Crippen LogP contribution < -0.4 is 0 Å². The van der Waals surface area contributed by atoms with Crippen molar-refractivity contribution >= 4 is 16.1 Å². The third kappa shape index (κ3) is 0.943. The maximum atomic E-state index is 4.19. The fraction of sp³-hybridized carbons (Fsp3) is 0.714. The Morgan fingerprint density at radius 1 is 1.11 bits per heavy atom. The van der Waals surface area contributed by atoms with Gasteiger partial charge >= 0.3 is 0 Å². The molecule has 0 aromatic heterocycles. The van der Waals surface area contributed by atoms with Gasteiger partial charge in [-0.3, -0.25) is 0 Å². The fourth-order valence-electron chi connectivity index (χ4n) is 2.13. The molecule has 0 aromatic carbocycles. The normalized spacial score (nSPS) is 29.6. The minimum Gasteiger partial charge on any atom is -0.108 e. The van der Waals surface area contributed by atoms with E-state index in [0.717, 1.165) is 0 Å². The lowest BCUT2D eigenvalue weighted by molar-refractivity contribution is 1.45. The van der Waals surface area contributed by atoms with Gasteiger partial charge in [0.15, 0.2) is 0 Å². The van der Waals surface area contributed by atoms with Crippen LogP contribution in [0, 0.1) is 0 Å². The van der Waals surface area contributed by atoms with E-state index in [1.807, 2.05) is 0 Å². The first-order valence-electron chi connectivity index (χ1n) is 3.56. The van der Waals surface area contributed by atoms with Crippen LogP contribution in [0.4, 0.5) is 0 Å². The van der Waals surface area contributed by atoms with Crippen molar-refractivity contribution in [1.82, 2.24) is 0 Å². The average molecular weight is 156 g/mol. The summed E-state index contributed by atoms with van der Waals surface area (Å²) in [4.78, 5) is 1.69. The molecule has 0 radical (unpaired) electrons. The molecule has 9 heavy (non-hydrogen) atoms. The molecule has 1 saturated heterocycles. The van der Waals surface area contributed by atoms with Crippen LogP contribution in [-0.4, -0.2) is 16.1 Å². The van der Waals surface area contributed by atoms with Crippen molar-refractivity contribution in [2.75, 3.05) is 0 Å². The molecule has 2 heteroatoms. The first kappa shape index (κ1) is 7.28. The van der Waals surface area contributed by atoms with Crippen LogP contribution >= 0.6 is 0 Å². The number of hydrogen-bond donors (Lipinski definition) is 0. The number of rotatable bonds is 0. The molecule has 0 unspecified atom stereocenters. The molecule has 0 N–H and O–H groups in total. The summed E-state index contributed by atoms with van der Waals surface area (Å²) in [7, 11) is -1.64. The molecule has 1 aliphatic heterocycles. The standard InChI is InChI=1S/C7H16Si2/c1-7-8(2,3)6-9(7,4)5/h1,6H2,2-5H3. The summed E-state index contributed by atoms with van der Waals surface area (Å²) in [6.07, 6.45) is 0. The third-order valence-corrected chi connectivity index (χ3v) is 16.9. The highest BCUT2D eigenvalue weighted by molar-refractivity contribution is 7.21. The van der Waals surface area contributed by atoms with Gasteiger partial charge in [-0.15, -0.1) is 6.58 Å². The topological polar surface area (TPSA) is 0 Å². The Labute approximate surface area is 60.0 Å². The van der Waals surface area contributed by atoms with Crippen LogP contribution in [0.3, 0.4) is 0 Å². The fourth-order valence-corrected chi connectivity index (χ4v) is 19.1. The lowest BCUT2D eigenvalue weighted by Gasteiger charge is -2.49. The summed E-state index contributed by atoms with van der Waals surface area (Å²) in [5.41, 5.74) is 1.57. The molecule has 1 fully saturated rings. The molecule has 0 spiro atoms. The van der Waals surface area contributed by atoms with Crippen LogP contribution in [0.1, 0.15) is 0 Å². The van der Waals surface area contributed by atoms with Crippen molar-refractivity contribution in [3.63, 3.8) is 0 Å². The molecule has 52 valence electrons. The van der Waals surface area contributed by atoms with Gasteiger partial charge in [-0.05, 0) is 0 Å². The average Bonchev–Trinajstić information content (AvgIpc) is 1.63. The van der Waals surface area contributed by atoms with E-state index in [4.69, 9.17) is 0 Å². The van der Waals surface area contributed by atoms with Gasteiger partial charge in [0, 0.05) is 0 Å². The van der Waals surface area contributed by atoms with Crippen LogP contribution in [0.25, 0.3) is 0 Å². The maximum absolute atomic E-state index is 4.19. The second kappa shape index (κ2) is 1.61. The highest BCUT2D eigenvalue weighted by atomic mass is 28.5. The number of hydrogen-bond acceptors (Lipinski definition) is 0. The molecule has 0 aliphatic carbocycles. The first-order valence-corrected chi connectivity index (χ1v) is 9.97. The van der Waals surface area contributed by atoms with Gasteiger partial charge in [0.2, 0.25) is 0 Å². The molecule has 0 bridgehead atoms. The Morgan fingerprint density at radius 3 is 1.44 bits per heavy atom. The summed E-state index contributed by atoms with van der Waals surface area (Å²) in [6.45, 7) is 13.9. The monoisotopic (exact) mass is 156 g/mol. The molecule has 0 amide bonds. The quantitative estimate of drug-likeness (QED) is 0.473. The Hall–Kier alpha value is 0.174. The highest BCUT2D eigenvalue weighted by Crippen LogP contribution is 2.42. The second-order valence-electron chi connectivity index (χ2n) is 4.42. The summed E-state index contributed by atoms with van der Waals surface area (Å²) >= 11 is 0. The Kier molecular flexibility index (Phi) is 1.30. The van der Waals surface area contributed by atoms with E-state index in [-0.39, 0.29) is 0 Å². The Balaban J connectivity index is 2.74. The van der Waals surface area contributed by atoms with Crippen LogP contribution in [0.2, 0.25) is 31.9 Å². The van der Waals surface area contributed by atoms with Crippen LogP contribution in [0.5, 0.6) is 0 Å². The highest BCUT2D eigenvalue weighted by Gasteiger charge is 2.48. The SMILES string of the molecule is C=C1[Si](C)(C)C[Si]1(C)C. The van der Waals surface area contributed by atoms with Crippen molar-refractivity contribution in [2.24, 2.45) is 0 Å². The summed E-state index contributed by atoms with van der Waals surface area (Å²) in [6, 6.07) is 0. The van der Waals surface area contributed by atoms with Gasteiger partial charge in [0.05, 0.1) is 16.1 Å². The zero-order chi connectivity index (χ0) is 7.28. The van der Waals surface area contributed by atoms with E-state index in [1.165, 1.54) is 0 Å². The van der Waals surface area contributed by atoms with Crippen molar-refractivity contribution < 1.29 is 0 Å². The van der Waals surface area contributed by atoms with Gasteiger partial charge < -0.3 is 0 Å². The molecule has 0 nitrogen and oxygen atoms in total. The van der Waals surface area contributed by atoms with Crippen molar-refractivity contribution in [3.05, 3.63) is 11.4 Å². The molecule has 1 heterocycles. The lowest BCUT2D eigenvalue weighted by Crippen LogP contribution is -2.59. The van der Waals surface area contributed by atoms with Crippen LogP contribution in [0.15, 0.2) is 11.4 Å². The van der Waals surface area contributed by atoms with Gasteiger partial charge in [0.1, 0.15) is 0 Å². The lowest BCUT2D eigenvalue weighted by atomic mass is 11.2. The molecular weight excluding hydrogens is 140 g/mol. The predicted octanol–water partition coefficient (Wildman–Crippen LogP) is 2.59. The molecule has 1 rings (SSSR count). The Bertz CT molecular complexity index is 140. The minimum atomic E-state index is -0.822. The Morgan fingerprint density at radius 2 is 1.44 bits per heavy atom. The van der Waals surface area contributed by atoms with E-state index in [1.54, 1.807) is 10.5 Å². The second-order valence-corrected chi connectivity index (χ2v) is 15.1. The predicted molar refractivity (Wildman–Crippen MR) is 48.9 cm³/mol. The van der Waals surface area contributed by atoms with E-state index in [9.17, 15) is 0 Å². The first-order chi connectivity index (χ1) is 3.86. The van der Waals surface area contributed by atoms with E-state index < -0.39 is 16.1 Å². The van der Waals surface area contributed by atoms with Gasteiger partial charge in [-0.25, -0.2) is 0 Å². The molecular formula is C7H16Si2. The van der Waals surface area contributed by atoms with E-state index in [2.05, 4.69) is 32.8 Å². The molecule has 0 atom stereocenters.